The fourth-order valence-corrected chi connectivity index (χ4v) is 9.59. The van der Waals surface area contributed by atoms with Crippen molar-refractivity contribution >= 4 is 75.1 Å². The molecule has 4 heterocycles. The van der Waals surface area contributed by atoms with Crippen LogP contribution in [0, 0.1) is 0 Å². The van der Waals surface area contributed by atoms with Crippen LogP contribution in [0.4, 0.5) is 0 Å². The van der Waals surface area contributed by atoms with E-state index in [1.165, 1.54) is 14.8 Å². The van der Waals surface area contributed by atoms with Gasteiger partial charge < -0.3 is 4.42 Å². The lowest BCUT2D eigenvalue weighted by atomic mass is 9.91. The van der Waals surface area contributed by atoms with Gasteiger partial charge in [-0.05, 0) is 35.9 Å². The van der Waals surface area contributed by atoms with Gasteiger partial charge in [0.05, 0.1) is 11.2 Å². The largest absolute Gasteiger partial charge is 0.455 e. The van der Waals surface area contributed by atoms with Crippen molar-refractivity contribution in [3.63, 3.8) is 0 Å². The van der Waals surface area contributed by atoms with Crippen LogP contribution in [0.1, 0.15) is 0 Å². The van der Waals surface area contributed by atoms with Gasteiger partial charge in [0, 0.05) is 74.9 Å². The summed E-state index contributed by atoms with van der Waals surface area (Å²) in [5, 5.41) is 7.86. The predicted molar refractivity (Wildman–Crippen MR) is 240 cm³/mol. The van der Waals surface area contributed by atoms with Gasteiger partial charge in [-0.15, -0.1) is 11.3 Å². The van der Waals surface area contributed by atoms with Gasteiger partial charge in [-0.1, -0.05) is 152 Å². The summed E-state index contributed by atoms with van der Waals surface area (Å²) in [5.74, 6) is 1.89. The summed E-state index contributed by atoms with van der Waals surface area (Å²) in [6.45, 7) is 0. The molecule has 58 heavy (non-hydrogen) atoms. The number of benzene rings is 8. The van der Waals surface area contributed by atoms with Crippen LogP contribution in [-0.2, 0) is 0 Å². The van der Waals surface area contributed by atoms with E-state index in [1.807, 2.05) is 42.5 Å². The number of furan rings is 1. The molecular weight excluding hydrogens is 729 g/mol. The molecule has 8 aromatic carbocycles. The minimum Gasteiger partial charge on any atom is -0.455 e. The third-order valence-corrected chi connectivity index (χ3v) is 12.3. The number of thiophene rings is 1. The lowest BCUT2D eigenvalue weighted by Gasteiger charge is -2.14. The first-order valence-corrected chi connectivity index (χ1v) is 20.1. The molecule has 0 spiro atoms. The topological polar surface area (TPSA) is 64.7 Å². The van der Waals surface area contributed by atoms with Crippen LogP contribution in [0.5, 0.6) is 0 Å². The number of rotatable bonds is 5. The van der Waals surface area contributed by atoms with Crippen LogP contribution in [0.25, 0.3) is 120 Å². The zero-order chi connectivity index (χ0) is 38.2. The van der Waals surface area contributed by atoms with Crippen molar-refractivity contribution in [2.24, 2.45) is 0 Å². The molecular formula is C52H30N4OS. The number of nitrogens with zero attached hydrogens (tertiary/aromatic N) is 4. The average molecular weight is 759 g/mol. The lowest BCUT2D eigenvalue weighted by Crippen LogP contribution is -2.00. The van der Waals surface area contributed by atoms with E-state index in [0.29, 0.717) is 17.5 Å². The highest BCUT2D eigenvalue weighted by Crippen LogP contribution is 2.46. The Labute approximate surface area is 336 Å². The summed E-state index contributed by atoms with van der Waals surface area (Å²) in [7, 11) is 0. The maximum absolute atomic E-state index is 6.79. The zero-order valence-corrected chi connectivity index (χ0v) is 31.7. The maximum Gasteiger partial charge on any atom is 0.164 e. The van der Waals surface area contributed by atoms with Gasteiger partial charge in [-0.3, -0.25) is 0 Å². The van der Waals surface area contributed by atoms with Crippen LogP contribution in [0.15, 0.2) is 186 Å². The molecule has 12 aromatic rings. The zero-order valence-electron chi connectivity index (χ0n) is 30.9. The molecule has 0 unspecified atom stereocenters. The van der Waals surface area contributed by atoms with Crippen LogP contribution < -0.4 is 0 Å². The van der Waals surface area contributed by atoms with Crippen molar-refractivity contribution in [3.05, 3.63) is 182 Å². The molecule has 0 bridgehead atoms. The summed E-state index contributed by atoms with van der Waals surface area (Å²) >= 11 is 1.79. The third-order valence-electron chi connectivity index (χ3n) is 11.1. The Bertz CT molecular complexity index is 3560. The first-order chi connectivity index (χ1) is 28.7. The van der Waals surface area contributed by atoms with Crippen molar-refractivity contribution in [1.29, 1.82) is 0 Å². The average Bonchev–Trinajstić information content (AvgIpc) is 3.88. The standard InChI is InChI=1S/C52H30N4OS/c1-3-14-32(15-4-1)48-40-30-39(49-47(36-19-8-11-23-42(36)57-49)46(40)35-18-7-10-22-41(35)53-48)31-26-28-34(29-27-31)51-54-50(33-16-5-2-6-17-33)55-52(56-51)38-21-13-25-44-45(38)37-20-9-12-24-43(37)58-44/h1-30H. The highest BCUT2D eigenvalue weighted by Gasteiger charge is 2.22. The molecule has 270 valence electrons. The number of pyridine rings is 1. The second-order valence-corrected chi connectivity index (χ2v) is 15.6. The predicted octanol–water partition coefficient (Wildman–Crippen LogP) is 14.2. The number of aromatic nitrogens is 4. The first kappa shape index (κ1) is 32.7. The van der Waals surface area contributed by atoms with Gasteiger partial charge in [-0.25, -0.2) is 19.9 Å². The molecule has 0 atom stereocenters. The maximum atomic E-state index is 6.79. The molecule has 0 aliphatic rings. The highest BCUT2D eigenvalue weighted by atomic mass is 32.1. The fourth-order valence-electron chi connectivity index (χ4n) is 8.46. The van der Waals surface area contributed by atoms with E-state index < -0.39 is 0 Å². The van der Waals surface area contributed by atoms with Gasteiger partial charge in [0.25, 0.3) is 0 Å². The molecule has 0 aliphatic heterocycles. The molecule has 0 saturated heterocycles. The fraction of sp³-hybridized carbons (Fsp3) is 0. The first-order valence-electron chi connectivity index (χ1n) is 19.3. The second kappa shape index (κ2) is 13.0. The Hall–Kier alpha value is -7.54. The molecule has 0 amide bonds. The molecule has 4 aromatic heterocycles. The van der Waals surface area contributed by atoms with Gasteiger partial charge >= 0.3 is 0 Å². The van der Waals surface area contributed by atoms with Gasteiger partial charge in [0.2, 0.25) is 0 Å². The van der Waals surface area contributed by atoms with Crippen LogP contribution in [-0.4, -0.2) is 19.9 Å². The summed E-state index contributed by atoms with van der Waals surface area (Å²) in [5.41, 5.74) is 9.50. The van der Waals surface area contributed by atoms with Crippen LogP contribution in [0.3, 0.4) is 0 Å². The lowest BCUT2D eigenvalue weighted by molar-refractivity contribution is 0.670. The quantitative estimate of drug-likeness (QED) is 0.164. The third kappa shape index (κ3) is 5.16. The van der Waals surface area contributed by atoms with E-state index in [9.17, 15) is 0 Å². The molecule has 6 heteroatoms. The molecule has 0 radical (unpaired) electrons. The second-order valence-electron chi connectivity index (χ2n) is 14.5. The van der Waals surface area contributed by atoms with Crippen molar-refractivity contribution in [2.75, 3.05) is 0 Å². The summed E-state index contributed by atoms with van der Waals surface area (Å²) in [6.07, 6.45) is 0. The molecule has 0 aliphatic carbocycles. The molecule has 0 saturated carbocycles. The molecule has 5 nitrogen and oxygen atoms in total. The SMILES string of the molecule is c1ccc(-c2nc(-c3ccc(-c4cc5c(-c6ccccc6)nc6ccccc6c5c5c4oc4ccccc45)cc3)nc(-c3cccc4sc5ccccc5c34)n2)cc1. The van der Waals surface area contributed by atoms with Crippen molar-refractivity contribution in [3.8, 4) is 56.5 Å². The van der Waals surface area contributed by atoms with Crippen LogP contribution >= 0.6 is 11.3 Å². The Morgan fingerprint density at radius 2 is 0.966 bits per heavy atom. The normalized spacial score (nSPS) is 11.8. The van der Waals surface area contributed by atoms with E-state index in [2.05, 4.69) is 140 Å². The number of para-hydroxylation sites is 2. The smallest absolute Gasteiger partial charge is 0.164 e. The molecule has 12 rings (SSSR count). The van der Waals surface area contributed by atoms with E-state index in [4.69, 9.17) is 24.4 Å². The monoisotopic (exact) mass is 758 g/mol. The Kier molecular flexibility index (Phi) is 7.33. The minimum absolute atomic E-state index is 0.612. The van der Waals surface area contributed by atoms with E-state index in [1.54, 1.807) is 11.3 Å². The van der Waals surface area contributed by atoms with E-state index in [0.717, 1.165) is 88.1 Å². The number of hydrogen-bond donors (Lipinski definition) is 0. The summed E-state index contributed by atoms with van der Waals surface area (Å²) in [4.78, 5) is 20.7. The van der Waals surface area contributed by atoms with Crippen molar-refractivity contribution in [2.45, 2.75) is 0 Å². The van der Waals surface area contributed by atoms with Gasteiger partial charge in [-0.2, -0.15) is 0 Å². The van der Waals surface area contributed by atoms with Crippen molar-refractivity contribution < 1.29 is 4.42 Å². The van der Waals surface area contributed by atoms with Gasteiger partial charge in [0.15, 0.2) is 17.5 Å². The van der Waals surface area contributed by atoms with Crippen molar-refractivity contribution in [1.82, 2.24) is 19.9 Å². The molecule has 0 N–H and O–H groups in total. The van der Waals surface area contributed by atoms with E-state index in [-0.39, 0.29) is 0 Å². The Morgan fingerprint density at radius 3 is 1.76 bits per heavy atom. The number of hydrogen-bond acceptors (Lipinski definition) is 6. The summed E-state index contributed by atoms with van der Waals surface area (Å²) < 4.78 is 9.24. The minimum atomic E-state index is 0.612. The summed E-state index contributed by atoms with van der Waals surface area (Å²) in [6, 6.07) is 63.1. The molecule has 0 fully saturated rings. The van der Waals surface area contributed by atoms with E-state index >= 15 is 0 Å². The number of fused-ring (bicyclic) bond motifs is 10. The Morgan fingerprint density at radius 1 is 0.362 bits per heavy atom. The van der Waals surface area contributed by atoms with Gasteiger partial charge in [0.1, 0.15) is 11.2 Å². The van der Waals surface area contributed by atoms with Crippen LogP contribution in [0.2, 0.25) is 0 Å². The Balaban J connectivity index is 1.07. The highest BCUT2D eigenvalue weighted by molar-refractivity contribution is 7.25.